The molecule has 5 rings (SSSR count). The molecule has 1 aromatic heterocycles. The molecule has 0 spiro atoms. The third kappa shape index (κ3) is 6.12. The number of nitrogens with one attached hydrogen (secondary N) is 2. The molecule has 2 aromatic carbocycles. The number of imidazole rings is 1. The number of aromatic nitrogens is 2. The van der Waals surface area contributed by atoms with E-state index in [1.807, 2.05) is 43.3 Å². The first kappa shape index (κ1) is 26.4. The van der Waals surface area contributed by atoms with E-state index in [1.54, 1.807) is 18.2 Å². The summed E-state index contributed by atoms with van der Waals surface area (Å²) >= 11 is 0. The zero-order valence-electron chi connectivity index (χ0n) is 22.1. The summed E-state index contributed by atoms with van der Waals surface area (Å²) in [5, 5.41) is 9.39. The molecule has 1 saturated carbocycles. The van der Waals surface area contributed by atoms with Gasteiger partial charge >= 0.3 is 0 Å². The van der Waals surface area contributed by atoms with Gasteiger partial charge < -0.3 is 24.5 Å². The number of H-pyrrole nitrogens is 1. The molecule has 0 saturated heterocycles. The molecular formula is C29H33N5O5. The van der Waals surface area contributed by atoms with Crippen LogP contribution < -0.4 is 14.8 Å². The molecule has 2 heterocycles. The molecule has 10 nitrogen and oxygen atoms in total. The number of nitrogens with zero attached hydrogens (tertiary/aromatic N) is 3. The molecule has 1 fully saturated rings. The first-order valence-electron chi connectivity index (χ1n) is 13.3. The van der Waals surface area contributed by atoms with Crippen LogP contribution in [0, 0.1) is 0 Å². The number of hydrogen-bond acceptors (Lipinski definition) is 8. The van der Waals surface area contributed by atoms with Crippen LogP contribution in [-0.4, -0.2) is 58.4 Å². The Kier molecular flexibility index (Phi) is 8.21. The van der Waals surface area contributed by atoms with E-state index >= 15 is 0 Å². The first-order chi connectivity index (χ1) is 19.1. The second-order valence-electron chi connectivity index (χ2n) is 9.65. The highest BCUT2D eigenvalue weighted by atomic mass is 16.5. The van der Waals surface area contributed by atoms with Crippen molar-refractivity contribution in [2.45, 2.75) is 64.0 Å². The topological polar surface area (TPSA) is 118 Å². The second kappa shape index (κ2) is 12.1. The number of aldehydes is 1. The van der Waals surface area contributed by atoms with Gasteiger partial charge in [0.25, 0.3) is 5.91 Å². The second-order valence-corrected chi connectivity index (χ2v) is 9.65. The summed E-state index contributed by atoms with van der Waals surface area (Å²) < 4.78 is 18.0. The summed E-state index contributed by atoms with van der Waals surface area (Å²) in [6.45, 7) is 2.31. The van der Waals surface area contributed by atoms with E-state index in [-0.39, 0.29) is 18.1 Å². The predicted molar refractivity (Wildman–Crippen MR) is 146 cm³/mol. The molecule has 0 bridgehead atoms. The Labute approximate surface area is 227 Å². The van der Waals surface area contributed by atoms with Gasteiger partial charge in [0.05, 0.1) is 38.0 Å². The molecule has 2 N–H and O–H groups in total. The van der Waals surface area contributed by atoms with Crippen molar-refractivity contribution < 1.29 is 23.8 Å². The van der Waals surface area contributed by atoms with Crippen LogP contribution in [0.15, 0.2) is 60.1 Å². The van der Waals surface area contributed by atoms with Gasteiger partial charge in [0.2, 0.25) is 6.23 Å². The fourth-order valence-electron chi connectivity index (χ4n) is 4.95. The number of methoxy groups -OCH3 is 1. The van der Waals surface area contributed by atoms with Crippen LogP contribution in [0.1, 0.15) is 60.6 Å². The largest absolute Gasteiger partial charge is 0.493 e. The average molecular weight is 532 g/mol. The van der Waals surface area contributed by atoms with Crippen molar-refractivity contribution >= 4 is 23.6 Å². The lowest BCUT2D eigenvalue weighted by Gasteiger charge is -2.35. The number of anilines is 1. The van der Waals surface area contributed by atoms with Crippen molar-refractivity contribution in [1.29, 1.82) is 0 Å². The summed E-state index contributed by atoms with van der Waals surface area (Å²) in [6.07, 6.45) is 7.71. The number of benzene rings is 2. The zero-order valence-corrected chi connectivity index (χ0v) is 22.1. The van der Waals surface area contributed by atoms with Gasteiger partial charge in [-0.25, -0.2) is 4.98 Å². The number of aromatic amines is 1. The normalized spacial score (nSPS) is 19.4. The number of rotatable bonds is 10. The summed E-state index contributed by atoms with van der Waals surface area (Å²) in [6, 6.07) is 13.2. The molecule has 2 unspecified atom stereocenters. The van der Waals surface area contributed by atoms with Crippen LogP contribution in [-0.2, 0) is 16.1 Å². The lowest BCUT2D eigenvalue weighted by molar-refractivity contribution is -0.139. The number of hydrazone groups is 1. The molecular weight excluding hydrogens is 498 g/mol. The average Bonchev–Trinajstić information content (AvgIpc) is 3.68. The highest BCUT2D eigenvalue weighted by Crippen LogP contribution is 2.34. The predicted octanol–water partition coefficient (Wildman–Crippen LogP) is 4.53. The Balaban J connectivity index is 1.40. The van der Waals surface area contributed by atoms with Gasteiger partial charge in [0.15, 0.2) is 17.8 Å². The molecule has 1 aliphatic carbocycles. The summed E-state index contributed by atoms with van der Waals surface area (Å²) in [5.41, 5.74) is 3.41. The highest BCUT2D eigenvalue weighted by molar-refractivity contribution is 6.04. The standard InChI is InChI=1S/C29H33N5O5/c1-3-24-28(20-11-12-25(37-2)26(14-20)38-22-9-4-5-10-22)33-34(27(17-35)39-24)16-19-7-6-8-21(13-19)32-29(36)23-15-30-18-31-23/h6-8,11-15,17-18,22,24,27H,3-5,9-10,16H2,1-2H3,(H,30,31)(H,32,36). The van der Waals surface area contributed by atoms with Crippen LogP contribution in [0.4, 0.5) is 5.69 Å². The Hall–Kier alpha value is -4.18. The van der Waals surface area contributed by atoms with Crippen LogP contribution in [0.2, 0.25) is 0 Å². The lowest BCUT2D eigenvalue weighted by Crippen LogP contribution is -2.45. The molecule has 1 aliphatic heterocycles. The summed E-state index contributed by atoms with van der Waals surface area (Å²) in [5.74, 6) is 1.06. The molecule has 10 heteroatoms. The molecule has 204 valence electrons. The molecule has 2 aliphatic rings. The Bertz CT molecular complexity index is 1320. The Morgan fingerprint density at radius 2 is 2.05 bits per heavy atom. The van der Waals surface area contributed by atoms with E-state index in [2.05, 4.69) is 15.3 Å². The summed E-state index contributed by atoms with van der Waals surface area (Å²) in [4.78, 5) is 31.1. The minimum Gasteiger partial charge on any atom is -0.493 e. The van der Waals surface area contributed by atoms with Gasteiger partial charge in [-0.1, -0.05) is 19.1 Å². The van der Waals surface area contributed by atoms with Crippen LogP contribution in [0.5, 0.6) is 11.5 Å². The van der Waals surface area contributed by atoms with Crippen molar-refractivity contribution in [3.63, 3.8) is 0 Å². The molecule has 39 heavy (non-hydrogen) atoms. The van der Waals surface area contributed by atoms with Gasteiger partial charge in [0.1, 0.15) is 11.8 Å². The molecule has 1 amide bonds. The summed E-state index contributed by atoms with van der Waals surface area (Å²) in [7, 11) is 1.63. The van der Waals surface area contributed by atoms with Gasteiger partial charge in [-0.15, -0.1) is 0 Å². The van der Waals surface area contributed by atoms with Gasteiger partial charge in [-0.2, -0.15) is 5.10 Å². The third-order valence-corrected chi connectivity index (χ3v) is 6.95. The van der Waals surface area contributed by atoms with E-state index < -0.39 is 6.23 Å². The number of hydrogen-bond donors (Lipinski definition) is 2. The monoisotopic (exact) mass is 531 g/mol. The maximum atomic E-state index is 12.4. The van der Waals surface area contributed by atoms with Crippen molar-refractivity contribution in [2.75, 3.05) is 12.4 Å². The van der Waals surface area contributed by atoms with Crippen molar-refractivity contribution in [1.82, 2.24) is 15.0 Å². The number of amides is 1. The van der Waals surface area contributed by atoms with E-state index in [0.29, 0.717) is 35.8 Å². The Morgan fingerprint density at radius 3 is 2.77 bits per heavy atom. The first-order valence-corrected chi connectivity index (χ1v) is 13.3. The SMILES string of the molecule is CCC1OC(C=O)N(Cc2cccc(NC(=O)c3cnc[nH]3)c2)N=C1c1ccc(OC)c(OC2CCCC2)c1. The number of carbonyl (C=O) groups is 2. The van der Waals surface area contributed by atoms with Crippen molar-refractivity contribution in [2.24, 2.45) is 5.10 Å². The minimum absolute atomic E-state index is 0.178. The Morgan fingerprint density at radius 1 is 1.21 bits per heavy atom. The molecule has 0 radical (unpaired) electrons. The smallest absolute Gasteiger partial charge is 0.273 e. The maximum Gasteiger partial charge on any atom is 0.273 e. The quantitative estimate of drug-likeness (QED) is 0.369. The van der Waals surface area contributed by atoms with Crippen LogP contribution >= 0.6 is 0 Å². The fourth-order valence-corrected chi connectivity index (χ4v) is 4.95. The minimum atomic E-state index is -0.839. The molecule has 2 atom stereocenters. The zero-order chi connectivity index (χ0) is 27.2. The van der Waals surface area contributed by atoms with E-state index in [0.717, 1.165) is 36.0 Å². The maximum absolute atomic E-state index is 12.4. The highest BCUT2D eigenvalue weighted by Gasteiger charge is 2.32. The van der Waals surface area contributed by atoms with Gasteiger partial charge in [-0.05, 0) is 68.0 Å². The van der Waals surface area contributed by atoms with Crippen molar-refractivity contribution in [3.8, 4) is 11.5 Å². The number of ether oxygens (including phenoxy) is 3. The van der Waals surface area contributed by atoms with E-state index in [1.165, 1.54) is 25.4 Å². The fraction of sp³-hybridized carbons (Fsp3) is 0.379. The lowest BCUT2D eigenvalue weighted by atomic mass is 10.0. The van der Waals surface area contributed by atoms with Crippen LogP contribution in [0.3, 0.4) is 0 Å². The number of carbonyl (C=O) groups excluding carboxylic acids is 2. The van der Waals surface area contributed by atoms with Gasteiger partial charge in [0, 0.05) is 11.3 Å². The van der Waals surface area contributed by atoms with E-state index in [4.69, 9.17) is 19.3 Å². The van der Waals surface area contributed by atoms with E-state index in [9.17, 15) is 9.59 Å². The van der Waals surface area contributed by atoms with Crippen LogP contribution in [0.25, 0.3) is 0 Å². The third-order valence-electron chi connectivity index (χ3n) is 6.95. The van der Waals surface area contributed by atoms with Gasteiger partial charge in [-0.3, -0.25) is 14.6 Å². The molecule has 3 aromatic rings. The van der Waals surface area contributed by atoms with Crippen molar-refractivity contribution in [3.05, 3.63) is 71.8 Å².